The van der Waals surface area contributed by atoms with Crippen molar-refractivity contribution in [2.75, 3.05) is 20.3 Å². The summed E-state index contributed by atoms with van der Waals surface area (Å²) in [5.41, 5.74) is 3.12. The van der Waals surface area contributed by atoms with Gasteiger partial charge in [0.1, 0.15) is 17.7 Å². The second-order valence-electron chi connectivity index (χ2n) is 9.39. The largest absolute Gasteiger partial charge is 0.493 e. The average molecular weight is 530 g/mol. The Balaban J connectivity index is 1.39. The molecule has 1 atom stereocenters. The molecule has 37 heavy (non-hydrogen) atoms. The highest BCUT2D eigenvalue weighted by Crippen LogP contribution is 2.34. The number of ether oxygens (including phenoxy) is 3. The molecule has 5 rings (SSSR count). The van der Waals surface area contributed by atoms with E-state index in [4.69, 9.17) is 14.2 Å². The Morgan fingerprint density at radius 2 is 1.68 bits per heavy atom. The Bertz CT molecular complexity index is 1330. The molecule has 1 heterocycles. The third-order valence-electron chi connectivity index (χ3n) is 6.84. The van der Waals surface area contributed by atoms with Crippen LogP contribution in [0.25, 0.3) is 0 Å². The number of rotatable bonds is 9. The molecule has 0 radical (unpaired) electrons. The van der Waals surface area contributed by atoms with Crippen LogP contribution in [0.4, 0.5) is 8.78 Å². The lowest BCUT2D eigenvalue weighted by molar-refractivity contribution is 0.0924. The molecule has 1 aliphatic carbocycles. The number of methoxy groups -OCH3 is 1. The third-order valence-corrected chi connectivity index (χ3v) is 8.71. The summed E-state index contributed by atoms with van der Waals surface area (Å²) in [4.78, 5) is -0.958. The second kappa shape index (κ2) is 10.8. The summed E-state index contributed by atoms with van der Waals surface area (Å²) >= 11 is 0. The highest BCUT2D eigenvalue weighted by atomic mass is 32.2. The van der Waals surface area contributed by atoms with Crippen LogP contribution >= 0.6 is 0 Å². The SMILES string of the molecule is COc1cc(CN(CC2CCCO2)S(=O)(=O)c2c(F)cccc2F)ccc1OC1Cc2ccccc2C1. The minimum Gasteiger partial charge on any atom is -0.493 e. The monoisotopic (exact) mass is 529 g/mol. The molecule has 3 aromatic carbocycles. The first-order valence-corrected chi connectivity index (χ1v) is 13.8. The molecule has 9 heteroatoms. The van der Waals surface area contributed by atoms with Crippen molar-refractivity contribution in [3.63, 3.8) is 0 Å². The zero-order valence-corrected chi connectivity index (χ0v) is 21.3. The zero-order chi connectivity index (χ0) is 26.0. The molecule has 0 bridgehead atoms. The normalized spacial score (nSPS) is 17.8. The van der Waals surface area contributed by atoms with Crippen molar-refractivity contribution in [1.82, 2.24) is 4.31 Å². The van der Waals surface area contributed by atoms with Crippen LogP contribution in [0.2, 0.25) is 0 Å². The van der Waals surface area contributed by atoms with Crippen LogP contribution in [0.15, 0.2) is 65.6 Å². The zero-order valence-electron chi connectivity index (χ0n) is 20.5. The van der Waals surface area contributed by atoms with Crippen molar-refractivity contribution in [3.05, 3.63) is 89.0 Å². The first kappa shape index (κ1) is 25.6. The van der Waals surface area contributed by atoms with Crippen LogP contribution in [0.3, 0.4) is 0 Å². The summed E-state index contributed by atoms with van der Waals surface area (Å²) in [6, 6.07) is 16.4. The number of hydrogen-bond acceptors (Lipinski definition) is 5. The molecular formula is C28H29F2NO5S. The molecule has 0 aromatic heterocycles. The van der Waals surface area contributed by atoms with Gasteiger partial charge >= 0.3 is 0 Å². The predicted octanol–water partition coefficient (Wildman–Crippen LogP) is 4.89. The van der Waals surface area contributed by atoms with Crippen LogP contribution in [0, 0.1) is 11.6 Å². The minimum atomic E-state index is -4.50. The smallest absolute Gasteiger partial charge is 0.249 e. The molecule has 1 saturated heterocycles. The van der Waals surface area contributed by atoms with E-state index in [-0.39, 0.29) is 25.3 Å². The van der Waals surface area contributed by atoms with Gasteiger partial charge in [-0.3, -0.25) is 0 Å². The van der Waals surface area contributed by atoms with Crippen molar-refractivity contribution in [1.29, 1.82) is 0 Å². The summed E-state index contributed by atoms with van der Waals surface area (Å²) in [6.07, 6.45) is 2.69. The first-order valence-electron chi connectivity index (χ1n) is 12.3. The number of hydrogen-bond donors (Lipinski definition) is 0. The van der Waals surface area contributed by atoms with Crippen LogP contribution in [-0.4, -0.2) is 45.2 Å². The van der Waals surface area contributed by atoms with Crippen molar-refractivity contribution in [2.24, 2.45) is 0 Å². The molecular weight excluding hydrogens is 500 g/mol. The number of sulfonamides is 1. The van der Waals surface area contributed by atoms with E-state index in [2.05, 4.69) is 12.1 Å². The van der Waals surface area contributed by atoms with Gasteiger partial charge in [0.25, 0.3) is 0 Å². The molecule has 0 N–H and O–H groups in total. The highest BCUT2D eigenvalue weighted by Gasteiger charge is 2.34. The number of fused-ring (bicyclic) bond motifs is 1. The summed E-state index contributed by atoms with van der Waals surface area (Å²) in [7, 11) is -2.98. The molecule has 2 aliphatic rings. The molecule has 1 unspecified atom stereocenters. The maximum Gasteiger partial charge on any atom is 0.249 e. The Morgan fingerprint density at radius 1 is 0.973 bits per heavy atom. The van der Waals surface area contributed by atoms with Crippen LogP contribution in [-0.2, 0) is 34.1 Å². The molecule has 6 nitrogen and oxygen atoms in total. The van der Waals surface area contributed by atoms with Gasteiger partial charge in [0.2, 0.25) is 10.0 Å². The highest BCUT2D eigenvalue weighted by molar-refractivity contribution is 7.89. The first-order chi connectivity index (χ1) is 17.8. The van der Waals surface area contributed by atoms with E-state index in [1.807, 2.05) is 12.1 Å². The van der Waals surface area contributed by atoms with E-state index >= 15 is 0 Å². The maximum atomic E-state index is 14.5. The molecule has 196 valence electrons. The number of benzene rings is 3. The van der Waals surface area contributed by atoms with E-state index in [1.165, 1.54) is 18.2 Å². The minimum absolute atomic E-state index is 0.0169. The Morgan fingerprint density at radius 3 is 2.30 bits per heavy atom. The van der Waals surface area contributed by atoms with Crippen molar-refractivity contribution < 1.29 is 31.4 Å². The summed E-state index contributed by atoms with van der Waals surface area (Å²) in [5.74, 6) is -1.25. The molecule has 1 fully saturated rings. The van der Waals surface area contributed by atoms with Gasteiger partial charge < -0.3 is 14.2 Å². The van der Waals surface area contributed by atoms with E-state index in [9.17, 15) is 17.2 Å². The van der Waals surface area contributed by atoms with Crippen LogP contribution in [0.5, 0.6) is 11.5 Å². The van der Waals surface area contributed by atoms with Gasteiger partial charge in [-0.05, 0) is 53.8 Å². The summed E-state index contributed by atoms with van der Waals surface area (Å²) < 4.78 is 74.5. The summed E-state index contributed by atoms with van der Waals surface area (Å²) in [6.45, 7) is 0.399. The predicted molar refractivity (Wildman–Crippen MR) is 134 cm³/mol. The average Bonchev–Trinajstić information content (AvgIpc) is 3.53. The Hall–Kier alpha value is -3.01. The molecule has 3 aromatic rings. The standard InChI is InChI=1S/C28H29F2NO5S/c1-34-27-14-19(11-12-26(27)36-23-15-20-6-2-3-7-21(20)16-23)17-31(18-22-8-5-13-35-22)37(32,33)28-24(29)9-4-10-25(28)30/h2-4,6-7,9-12,14,22-23H,5,8,13,15-18H2,1H3. The number of halogens is 2. The molecule has 0 spiro atoms. The van der Waals surface area contributed by atoms with Gasteiger partial charge in [0, 0.05) is 32.5 Å². The van der Waals surface area contributed by atoms with Gasteiger partial charge in [-0.1, -0.05) is 36.4 Å². The van der Waals surface area contributed by atoms with Crippen molar-refractivity contribution in [2.45, 2.75) is 49.3 Å². The lowest BCUT2D eigenvalue weighted by atomic mass is 10.1. The van der Waals surface area contributed by atoms with Gasteiger partial charge in [-0.15, -0.1) is 0 Å². The van der Waals surface area contributed by atoms with Gasteiger partial charge in [0.05, 0.1) is 13.2 Å². The molecule has 0 saturated carbocycles. The van der Waals surface area contributed by atoms with Crippen molar-refractivity contribution >= 4 is 10.0 Å². The fourth-order valence-electron chi connectivity index (χ4n) is 5.01. The molecule has 1 aliphatic heterocycles. The lowest BCUT2D eigenvalue weighted by Gasteiger charge is -2.26. The topological polar surface area (TPSA) is 65.1 Å². The quantitative estimate of drug-likeness (QED) is 0.395. The van der Waals surface area contributed by atoms with Crippen LogP contribution < -0.4 is 9.47 Å². The van der Waals surface area contributed by atoms with E-state index in [1.54, 1.807) is 18.2 Å². The second-order valence-corrected chi connectivity index (χ2v) is 11.3. The fraction of sp³-hybridized carbons (Fsp3) is 0.357. The van der Waals surface area contributed by atoms with Gasteiger partial charge in [0.15, 0.2) is 16.4 Å². The van der Waals surface area contributed by atoms with E-state index < -0.39 is 26.6 Å². The van der Waals surface area contributed by atoms with Gasteiger partial charge in [-0.2, -0.15) is 4.31 Å². The molecule has 0 amide bonds. The third kappa shape index (κ3) is 5.49. The summed E-state index contributed by atoms with van der Waals surface area (Å²) in [5, 5.41) is 0. The van der Waals surface area contributed by atoms with Crippen molar-refractivity contribution in [3.8, 4) is 11.5 Å². The van der Waals surface area contributed by atoms with E-state index in [0.29, 0.717) is 30.1 Å². The maximum absolute atomic E-state index is 14.5. The van der Waals surface area contributed by atoms with Gasteiger partial charge in [-0.25, -0.2) is 17.2 Å². The Labute approximate surface area is 215 Å². The lowest BCUT2D eigenvalue weighted by Crippen LogP contribution is -2.37. The van der Waals surface area contributed by atoms with Crippen LogP contribution in [0.1, 0.15) is 29.5 Å². The number of nitrogens with zero attached hydrogens (tertiary/aromatic N) is 1. The van der Waals surface area contributed by atoms with E-state index in [0.717, 1.165) is 41.8 Å². The Kier molecular flexibility index (Phi) is 7.46. The fourth-order valence-corrected chi connectivity index (χ4v) is 6.58.